The van der Waals surface area contributed by atoms with Gasteiger partial charge in [-0.1, -0.05) is 12.1 Å². The van der Waals surface area contributed by atoms with E-state index in [-0.39, 0.29) is 45.2 Å². The van der Waals surface area contributed by atoms with E-state index in [9.17, 15) is 41.0 Å². The number of anilines is 2. The third-order valence-corrected chi connectivity index (χ3v) is 8.15. The van der Waals surface area contributed by atoms with Crippen LogP contribution in [0, 0.1) is 0 Å². The second-order valence-electron chi connectivity index (χ2n) is 11.6. The summed E-state index contributed by atoms with van der Waals surface area (Å²) < 4.78 is 92.2. The molecule has 2 fully saturated rings. The van der Waals surface area contributed by atoms with Crippen LogP contribution in [0.2, 0.25) is 0 Å². The highest BCUT2D eigenvalue weighted by molar-refractivity contribution is 5.83. The molecule has 0 saturated carbocycles. The summed E-state index contributed by atoms with van der Waals surface area (Å²) in [6.07, 6.45) is -8.69. The fraction of sp³-hybridized carbons (Fsp3) is 0.500. The number of hydrogen-bond acceptors (Lipinski definition) is 10. The van der Waals surface area contributed by atoms with E-state index >= 15 is 0 Å². The average molecular weight is 686 g/mol. The van der Waals surface area contributed by atoms with Crippen molar-refractivity contribution in [2.24, 2.45) is 0 Å². The number of β-amino-alcohol motifs (C(OH)–C–C–N with tert-alkyl or cyclic N) is 1. The summed E-state index contributed by atoms with van der Waals surface area (Å²) in [5.41, 5.74) is -3.72. The number of piperidine rings is 1. The van der Waals surface area contributed by atoms with E-state index in [0.717, 1.165) is 10.9 Å². The molecule has 18 heteroatoms. The molecule has 3 aromatic rings. The molecule has 12 nitrogen and oxygen atoms in total. The van der Waals surface area contributed by atoms with Gasteiger partial charge in [-0.3, -0.25) is 9.59 Å². The molecule has 2 aliphatic rings. The number of halogens is 6. The Morgan fingerprint density at radius 2 is 1.69 bits per heavy atom. The predicted molar refractivity (Wildman–Crippen MR) is 158 cm³/mol. The Morgan fingerprint density at radius 3 is 2.29 bits per heavy atom. The maximum Gasteiger partial charge on any atom is 0.423 e. The lowest BCUT2D eigenvalue weighted by atomic mass is 10.0. The highest BCUT2D eigenvalue weighted by atomic mass is 19.4. The molecule has 4 heterocycles. The number of ether oxygens (including phenoxy) is 2. The number of aliphatic hydroxyl groups excluding tert-OH is 1. The zero-order chi connectivity index (χ0) is 34.8. The minimum atomic E-state index is -4.98. The first kappa shape index (κ1) is 34.9. The number of hydrogen-bond donors (Lipinski definition) is 2. The van der Waals surface area contributed by atoms with Crippen LogP contribution in [0.3, 0.4) is 0 Å². The zero-order valence-corrected chi connectivity index (χ0v) is 25.8. The van der Waals surface area contributed by atoms with Crippen LogP contribution in [-0.4, -0.2) is 93.3 Å². The number of likely N-dealkylation sites (tertiary alicyclic amines) is 1. The number of carbonyl (C=O) groups is 1. The monoisotopic (exact) mass is 685 g/mol. The number of aromatic nitrogens is 4. The second-order valence-corrected chi connectivity index (χ2v) is 11.6. The first-order valence-electron chi connectivity index (χ1n) is 15.0. The first-order valence-corrected chi connectivity index (χ1v) is 15.0. The van der Waals surface area contributed by atoms with Crippen LogP contribution in [-0.2, 0) is 28.4 Å². The summed E-state index contributed by atoms with van der Waals surface area (Å²) in [4.78, 5) is 36.6. The molecule has 0 spiro atoms. The van der Waals surface area contributed by atoms with Crippen LogP contribution < -0.4 is 20.5 Å². The van der Waals surface area contributed by atoms with Crippen LogP contribution in [0.25, 0.3) is 0 Å². The number of aliphatic hydroxyl groups is 1. The van der Waals surface area contributed by atoms with Gasteiger partial charge >= 0.3 is 12.4 Å². The molecule has 0 bridgehead atoms. The van der Waals surface area contributed by atoms with Crippen LogP contribution >= 0.6 is 0 Å². The molecule has 0 aliphatic carbocycles. The van der Waals surface area contributed by atoms with Crippen LogP contribution in [0.15, 0.2) is 47.7 Å². The fourth-order valence-electron chi connectivity index (χ4n) is 5.71. The Labute approximate surface area is 270 Å². The van der Waals surface area contributed by atoms with Crippen molar-refractivity contribution in [1.82, 2.24) is 24.6 Å². The minimum Gasteiger partial charge on any atom is -0.497 e. The van der Waals surface area contributed by atoms with Crippen molar-refractivity contribution in [3.63, 3.8) is 0 Å². The van der Waals surface area contributed by atoms with Crippen molar-refractivity contribution >= 4 is 17.5 Å². The molecule has 2 N–H and O–H groups in total. The number of rotatable bonds is 10. The van der Waals surface area contributed by atoms with E-state index in [2.05, 4.69) is 20.4 Å². The van der Waals surface area contributed by atoms with Crippen LogP contribution in [0.4, 0.5) is 38.0 Å². The molecule has 0 radical (unpaired) electrons. The molecule has 48 heavy (non-hydrogen) atoms. The van der Waals surface area contributed by atoms with Gasteiger partial charge in [-0.05, 0) is 31.0 Å². The van der Waals surface area contributed by atoms with Crippen molar-refractivity contribution in [2.45, 2.75) is 63.0 Å². The van der Waals surface area contributed by atoms with E-state index in [1.165, 1.54) is 23.8 Å². The summed E-state index contributed by atoms with van der Waals surface area (Å²) in [5.74, 6) is 0.171. The predicted octanol–water partition coefficient (Wildman–Crippen LogP) is 3.19. The average Bonchev–Trinajstić information content (AvgIpc) is 3.40. The van der Waals surface area contributed by atoms with Gasteiger partial charge < -0.3 is 29.7 Å². The largest absolute Gasteiger partial charge is 0.497 e. The van der Waals surface area contributed by atoms with Gasteiger partial charge in [-0.15, -0.1) is 0 Å². The number of methoxy groups -OCH3 is 1. The van der Waals surface area contributed by atoms with E-state index in [1.54, 1.807) is 24.3 Å². The molecular formula is C30H33F6N7O5. The van der Waals surface area contributed by atoms with Crippen LogP contribution in [0.5, 0.6) is 5.75 Å². The van der Waals surface area contributed by atoms with Gasteiger partial charge in [0.15, 0.2) is 0 Å². The number of nitrogens with zero attached hydrogens (tertiary/aromatic N) is 6. The lowest BCUT2D eigenvalue weighted by Gasteiger charge is -2.40. The van der Waals surface area contributed by atoms with Crippen molar-refractivity contribution in [2.75, 3.05) is 43.6 Å². The third-order valence-electron chi connectivity index (χ3n) is 8.15. The first-order chi connectivity index (χ1) is 22.7. The third kappa shape index (κ3) is 7.81. The number of alkyl halides is 6. The van der Waals surface area contributed by atoms with Gasteiger partial charge in [0, 0.05) is 44.5 Å². The molecule has 4 atom stereocenters. The lowest BCUT2D eigenvalue weighted by molar-refractivity contribution is -0.141. The highest BCUT2D eigenvalue weighted by Crippen LogP contribution is 2.33. The summed E-state index contributed by atoms with van der Waals surface area (Å²) in [7, 11) is 1.47. The van der Waals surface area contributed by atoms with Gasteiger partial charge in [0.2, 0.25) is 5.95 Å². The summed E-state index contributed by atoms with van der Waals surface area (Å²) >= 11 is 0. The van der Waals surface area contributed by atoms with Crippen molar-refractivity contribution in [3.05, 3.63) is 69.9 Å². The SMILES string of the molecule is COc1ccc(Cn2ncc(N[C@@H](C)CO[C@@H]3CCN([C@@H]4CCN(c5ncc(C(F)(F)F)cn5)C[C@H]4O)C3=O)c(C(F)(F)F)c2=O)cc1. The summed E-state index contributed by atoms with van der Waals surface area (Å²) in [6, 6.07) is 5.10. The van der Waals surface area contributed by atoms with Gasteiger partial charge in [0.25, 0.3) is 11.5 Å². The maximum atomic E-state index is 14.0. The number of nitrogens with one attached hydrogen (secondary N) is 1. The summed E-state index contributed by atoms with van der Waals surface area (Å²) in [5, 5.41) is 17.4. The molecule has 0 unspecified atom stereocenters. The molecule has 1 amide bonds. The normalized spacial score (nSPS) is 21.0. The maximum absolute atomic E-state index is 14.0. The topological polar surface area (TPSA) is 135 Å². The number of carbonyl (C=O) groups excluding carboxylic acids is 1. The van der Waals surface area contributed by atoms with Crippen molar-refractivity contribution in [1.29, 1.82) is 0 Å². The Hall–Kier alpha value is -4.45. The van der Waals surface area contributed by atoms with Gasteiger partial charge in [0.05, 0.1) is 49.9 Å². The molecule has 2 aliphatic heterocycles. The number of amides is 1. The van der Waals surface area contributed by atoms with E-state index in [4.69, 9.17) is 9.47 Å². The number of benzene rings is 1. The molecule has 260 valence electrons. The van der Waals surface area contributed by atoms with Crippen LogP contribution in [0.1, 0.15) is 36.5 Å². The quantitative estimate of drug-likeness (QED) is 0.307. The molecule has 1 aromatic carbocycles. The fourth-order valence-corrected chi connectivity index (χ4v) is 5.71. The Balaban J connectivity index is 1.16. The molecular weight excluding hydrogens is 652 g/mol. The molecule has 2 aromatic heterocycles. The van der Waals surface area contributed by atoms with Gasteiger partial charge in [0.1, 0.15) is 17.4 Å². The second kappa shape index (κ2) is 14.0. The summed E-state index contributed by atoms with van der Waals surface area (Å²) in [6.45, 7) is 1.68. The lowest BCUT2D eigenvalue weighted by Crippen LogP contribution is -2.55. The van der Waals surface area contributed by atoms with Gasteiger partial charge in [-0.25, -0.2) is 14.6 Å². The molecule has 5 rings (SSSR count). The van der Waals surface area contributed by atoms with Gasteiger partial charge in [-0.2, -0.15) is 31.4 Å². The minimum absolute atomic E-state index is 0.0132. The highest BCUT2D eigenvalue weighted by Gasteiger charge is 2.42. The smallest absolute Gasteiger partial charge is 0.423 e. The zero-order valence-electron chi connectivity index (χ0n) is 25.8. The Bertz CT molecular complexity index is 1640. The Kier molecular flexibility index (Phi) is 10.1. The standard InChI is InChI=1S/C30H33F6N7O5/c1-17(40-21-13-39-43(27(46)25(21)30(34,35)36)14-18-3-5-20(47-2)6-4-18)16-48-24-8-10-42(26(24)45)22-7-9-41(15-23(22)44)28-37-11-19(12-38-28)29(31,32)33/h3-6,11-13,17,22-24,40,44H,7-10,14-16H2,1-2H3/t17-,22+,23+,24+/m0/s1. The van der Waals surface area contributed by atoms with Crippen molar-refractivity contribution < 1.29 is 45.7 Å². The van der Waals surface area contributed by atoms with E-state index in [1.807, 2.05) is 0 Å². The van der Waals surface area contributed by atoms with E-state index in [0.29, 0.717) is 30.1 Å². The Morgan fingerprint density at radius 1 is 1.00 bits per heavy atom. The van der Waals surface area contributed by atoms with E-state index < -0.39 is 64.9 Å². The van der Waals surface area contributed by atoms with Crippen molar-refractivity contribution in [3.8, 4) is 5.75 Å². The molecule has 2 saturated heterocycles.